The molecule has 0 unspecified atom stereocenters. The number of H-pyrrole nitrogens is 1. The van der Waals surface area contributed by atoms with Crippen molar-refractivity contribution in [3.05, 3.63) is 24.2 Å². The van der Waals surface area contributed by atoms with Crippen molar-refractivity contribution in [2.75, 3.05) is 25.1 Å². The van der Waals surface area contributed by atoms with Crippen LogP contribution >= 0.6 is 11.8 Å². The van der Waals surface area contributed by atoms with Crippen LogP contribution in [0.15, 0.2) is 27.8 Å². The highest BCUT2D eigenvalue weighted by atomic mass is 32.2. The van der Waals surface area contributed by atoms with Gasteiger partial charge in [-0.1, -0.05) is 0 Å². The number of aromatic nitrogens is 3. The van der Waals surface area contributed by atoms with Gasteiger partial charge in [-0.25, -0.2) is 9.98 Å². The summed E-state index contributed by atoms with van der Waals surface area (Å²) in [5.41, 5.74) is 0. The molecule has 23 heavy (non-hydrogen) atoms. The Bertz CT molecular complexity index is 581. The van der Waals surface area contributed by atoms with E-state index in [0.29, 0.717) is 24.0 Å². The van der Waals surface area contributed by atoms with E-state index >= 15 is 0 Å². The van der Waals surface area contributed by atoms with Gasteiger partial charge in [0.2, 0.25) is 5.82 Å². The predicted molar refractivity (Wildman–Crippen MR) is 94.5 cm³/mol. The third kappa shape index (κ3) is 5.97. The van der Waals surface area contributed by atoms with Crippen molar-refractivity contribution in [1.82, 2.24) is 25.8 Å². The van der Waals surface area contributed by atoms with Crippen molar-refractivity contribution in [3.8, 4) is 11.6 Å². The maximum atomic E-state index is 5.28. The number of thioether (sulfide) groups is 1. The highest BCUT2D eigenvalue weighted by Gasteiger charge is 2.08. The summed E-state index contributed by atoms with van der Waals surface area (Å²) in [5, 5.41) is 13.6. The van der Waals surface area contributed by atoms with Crippen molar-refractivity contribution in [2.45, 2.75) is 26.3 Å². The zero-order chi connectivity index (χ0) is 16.3. The minimum Gasteiger partial charge on any atom is -0.461 e. The zero-order valence-electron chi connectivity index (χ0n) is 13.6. The first-order chi connectivity index (χ1) is 11.3. The molecule has 126 valence electrons. The number of hydrogen-bond donors (Lipinski definition) is 3. The van der Waals surface area contributed by atoms with Crippen molar-refractivity contribution >= 4 is 17.7 Å². The molecule has 0 saturated heterocycles. The lowest BCUT2D eigenvalue weighted by Gasteiger charge is -2.10. The Labute approximate surface area is 140 Å². The van der Waals surface area contributed by atoms with Crippen LogP contribution in [0, 0.1) is 0 Å². The van der Waals surface area contributed by atoms with E-state index in [9.17, 15) is 0 Å². The number of nitrogens with zero attached hydrogens (tertiary/aromatic N) is 3. The predicted octanol–water partition coefficient (Wildman–Crippen LogP) is 2.26. The molecule has 0 bridgehead atoms. The van der Waals surface area contributed by atoms with Gasteiger partial charge in [-0.15, -0.1) is 5.10 Å². The molecule has 0 atom stereocenters. The highest BCUT2D eigenvalue weighted by molar-refractivity contribution is 7.98. The van der Waals surface area contributed by atoms with E-state index in [2.05, 4.69) is 37.1 Å². The summed E-state index contributed by atoms with van der Waals surface area (Å²) in [4.78, 5) is 8.90. The van der Waals surface area contributed by atoms with Crippen LogP contribution in [0.4, 0.5) is 0 Å². The number of rotatable bonds is 9. The van der Waals surface area contributed by atoms with E-state index in [1.807, 2.05) is 30.8 Å². The molecule has 0 aliphatic rings. The monoisotopic (exact) mass is 336 g/mol. The molecular weight excluding hydrogens is 312 g/mol. The van der Waals surface area contributed by atoms with Gasteiger partial charge in [0.15, 0.2) is 11.7 Å². The van der Waals surface area contributed by atoms with Crippen LogP contribution < -0.4 is 10.6 Å². The molecule has 7 nitrogen and oxygen atoms in total. The van der Waals surface area contributed by atoms with Crippen molar-refractivity contribution < 1.29 is 4.42 Å². The number of hydrogen-bond acceptors (Lipinski definition) is 5. The molecule has 3 N–H and O–H groups in total. The molecule has 0 aliphatic heterocycles. The van der Waals surface area contributed by atoms with Gasteiger partial charge in [-0.05, 0) is 43.9 Å². The number of aliphatic imine (C=N–C) groups is 1. The maximum Gasteiger partial charge on any atom is 0.216 e. The van der Waals surface area contributed by atoms with Crippen molar-refractivity contribution in [1.29, 1.82) is 0 Å². The van der Waals surface area contributed by atoms with Crippen molar-refractivity contribution in [2.24, 2.45) is 4.99 Å². The second kappa shape index (κ2) is 9.94. The van der Waals surface area contributed by atoms with Crippen LogP contribution in [0.3, 0.4) is 0 Å². The number of unbranched alkanes of at least 4 members (excludes halogenated alkanes) is 1. The second-order valence-corrected chi connectivity index (χ2v) is 5.89. The zero-order valence-corrected chi connectivity index (χ0v) is 14.4. The van der Waals surface area contributed by atoms with Crippen LogP contribution in [-0.4, -0.2) is 46.2 Å². The molecule has 0 saturated carbocycles. The summed E-state index contributed by atoms with van der Waals surface area (Å²) >= 11 is 1.88. The summed E-state index contributed by atoms with van der Waals surface area (Å²) < 4.78 is 5.28. The van der Waals surface area contributed by atoms with Gasteiger partial charge < -0.3 is 15.1 Å². The van der Waals surface area contributed by atoms with Crippen molar-refractivity contribution in [3.63, 3.8) is 0 Å². The minimum absolute atomic E-state index is 0.438. The van der Waals surface area contributed by atoms with Gasteiger partial charge in [0.05, 0.1) is 6.26 Å². The summed E-state index contributed by atoms with van der Waals surface area (Å²) in [6.07, 6.45) is 6.08. The molecule has 0 fully saturated rings. The Morgan fingerprint density at radius 3 is 3.04 bits per heavy atom. The number of aromatic amines is 1. The molecule has 0 aromatic carbocycles. The molecule has 0 amide bonds. The van der Waals surface area contributed by atoms with E-state index in [0.717, 1.165) is 25.5 Å². The average Bonchev–Trinajstić information content (AvgIpc) is 3.23. The normalized spacial score (nSPS) is 11.7. The molecule has 2 aromatic heterocycles. The number of furan rings is 1. The average molecular weight is 336 g/mol. The minimum atomic E-state index is 0.438. The van der Waals surface area contributed by atoms with Crippen LogP contribution in [0.25, 0.3) is 11.6 Å². The molecule has 8 heteroatoms. The molecule has 2 aromatic rings. The fraction of sp³-hybridized carbons (Fsp3) is 0.533. The Morgan fingerprint density at radius 1 is 1.39 bits per heavy atom. The number of nitrogens with one attached hydrogen (secondary N) is 3. The molecule has 2 rings (SSSR count). The first-order valence-electron chi connectivity index (χ1n) is 7.79. The summed E-state index contributed by atoms with van der Waals surface area (Å²) in [7, 11) is 0. The summed E-state index contributed by atoms with van der Waals surface area (Å²) in [6, 6.07) is 3.64. The van der Waals surface area contributed by atoms with E-state index in [4.69, 9.17) is 4.42 Å². The topological polar surface area (TPSA) is 91.1 Å². The van der Waals surface area contributed by atoms with Gasteiger partial charge in [0, 0.05) is 13.1 Å². The lowest BCUT2D eigenvalue weighted by atomic mass is 10.3. The van der Waals surface area contributed by atoms with Gasteiger partial charge >= 0.3 is 0 Å². The Balaban J connectivity index is 1.84. The number of guanidine groups is 1. The molecular formula is C15H24N6OS. The van der Waals surface area contributed by atoms with Gasteiger partial charge in [-0.2, -0.15) is 11.8 Å². The van der Waals surface area contributed by atoms with Crippen LogP contribution in [-0.2, 0) is 6.54 Å². The lowest BCUT2D eigenvalue weighted by molar-refractivity contribution is 0.577. The van der Waals surface area contributed by atoms with E-state index in [-0.39, 0.29) is 0 Å². The molecule has 0 radical (unpaired) electrons. The van der Waals surface area contributed by atoms with E-state index in [1.54, 1.807) is 6.26 Å². The third-order valence-electron chi connectivity index (χ3n) is 3.07. The Morgan fingerprint density at radius 2 is 2.30 bits per heavy atom. The van der Waals surface area contributed by atoms with Crippen LogP contribution in [0.1, 0.15) is 25.6 Å². The Kier molecular flexibility index (Phi) is 7.51. The molecule has 2 heterocycles. The fourth-order valence-electron chi connectivity index (χ4n) is 1.96. The molecule has 0 spiro atoms. The summed E-state index contributed by atoms with van der Waals surface area (Å²) in [5.74, 6) is 3.90. The highest BCUT2D eigenvalue weighted by Crippen LogP contribution is 2.14. The lowest BCUT2D eigenvalue weighted by Crippen LogP contribution is -2.37. The fourth-order valence-corrected chi connectivity index (χ4v) is 2.45. The van der Waals surface area contributed by atoms with Gasteiger partial charge in [0.1, 0.15) is 12.4 Å². The first kappa shape index (κ1) is 17.4. The van der Waals surface area contributed by atoms with Gasteiger partial charge in [0.25, 0.3) is 0 Å². The smallest absolute Gasteiger partial charge is 0.216 e. The summed E-state index contributed by atoms with van der Waals surface area (Å²) in [6.45, 7) is 4.23. The quantitative estimate of drug-likeness (QED) is 0.370. The van der Waals surface area contributed by atoms with E-state index in [1.165, 1.54) is 12.2 Å². The maximum absolute atomic E-state index is 5.28. The standard InChI is InChI=1S/C15H24N6OS/c1-3-16-15(17-8-4-5-10-23-2)18-11-13-19-14(21-20-13)12-7-6-9-22-12/h6-7,9H,3-5,8,10-11H2,1-2H3,(H2,16,17,18)(H,19,20,21). The second-order valence-electron chi connectivity index (χ2n) is 4.90. The van der Waals surface area contributed by atoms with Gasteiger partial charge in [-0.3, -0.25) is 5.10 Å². The van der Waals surface area contributed by atoms with Crippen LogP contribution in [0.2, 0.25) is 0 Å². The largest absolute Gasteiger partial charge is 0.461 e. The third-order valence-corrected chi connectivity index (χ3v) is 3.77. The first-order valence-corrected chi connectivity index (χ1v) is 9.19. The van der Waals surface area contributed by atoms with Crippen LogP contribution in [0.5, 0.6) is 0 Å². The molecule has 0 aliphatic carbocycles. The van der Waals surface area contributed by atoms with E-state index < -0.39 is 0 Å². The Hall–Kier alpha value is -1.96. The SMILES string of the molecule is CCNC(=NCc1nc(-c2ccco2)n[nH]1)NCCCCSC.